The Labute approximate surface area is 106 Å². The minimum atomic E-state index is -0.157. The van der Waals surface area contributed by atoms with Crippen molar-refractivity contribution in [3.63, 3.8) is 0 Å². The number of hydrogen-bond donors (Lipinski definition) is 2. The van der Waals surface area contributed by atoms with Crippen LogP contribution >= 0.6 is 11.3 Å². The van der Waals surface area contributed by atoms with Crippen LogP contribution < -0.4 is 10.6 Å². The number of rotatable bonds is 5. The second-order valence-electron chi connectivity index (χ2n) is 4.18. The zero-order valence-electron chi connectivity index (χ0n) is 10.7. The minimum Gasteiger partial charge on any atom is -0.374 e. The van der Waals surface area contributed by atoms with Crippen LogP contribution in [0.2, 0.25) is 0 Å². The van der Waals surface area contributed by atoms with E-state index in [1.165, 1.54) is 4.88 Å². The molecule has 1 unspecified atom stereocenters. The van der Waals surface area contributed by atoms with Gasteiger partial charge in [-0.15, -0.1) is 11.3 Å². The lowest BCUT2D eigenvalue weighted by atomic mass is 10.3. The van der Waals surface area contributed by atoms with Crippen LogP contribution in [0.25, 0.3) is 0 Å². The molecular weight excluding hydrogens is 236 g/mol. The molecule has 2 N–H and O–H groups in total. The molecule has 0 aliphatic carbocycles. The Balaban J connectivity index is 2.45. The molecule has 0 aliphatic rings. The molecule has 1 heterocycles. The van der Waals surface area contributed by atoms with Gasteiger partial charge in [-0.25, -0.2) is 4.79 Å². The van der Waals surface area contributed by atoms with Crippen LogP contribution in [0.5, 0.6) is 0 Å². The van der Waals surface area contributed by atoms with E-state index in [1.54, 1.807) is 18.4 Å². The highest BCUT2D eigenvalue weighted by Gasteiger charge is 2.13. The molecule has 4 nitrogen and oxygen atoms in total. The van der Waals surface area contributed by atoms with Gasteiger partial charge in [-0.1, -0.05) is 0 Å². The van der Waals surface area contributed by atoms with Crippen LogP contribution in [-0.2, 0) is 4.74 Å². The number of methoxy groups -OCH3 is 1. The van der Waals surface area contributed by atoms with Crippen molar-refractivity contribution < 1.29 is 9.53 Å². The minimum absolute atomic E-state index is 0.0772. The van der Waals surface area contributed by atoms with Gasteiger partial charge in [-0.05, 0) is 32.9 Å². The fourth-order valence-corrected chi connectivity index (χ4v) is 2.38. The van der Waals surface area contributed by atoms with Gasteiger partial charge in [0.1, 0.15) is 6.10 Å². The Hall–Kier alpha value is -1.07. The molecular formula is C12H20N2O2S. The van der Waals surface area contributed by atoms with Crippen molar-refractivity contribution in [3.8, 4) is 0 Å². The van der Waals surface area contributed by atoms with Gasteiger partial charge in [-0.2, -0.15) is 0 Å². The Morgan fingerprint density at radius 3 is 2.65 bits per heavy atom. The average Bonchev–Trinajstić information content (AvgIpc) is 2.65. The highest BCUT2D eigenvalue weighted by Crippen LogP contribution is 2.24. The summed E-state index contributed by atoms with van der Waals surface area (Å²) in [5.41, 5.74) is 0. The van der Waals surface area contributed by atoms with Gasteiger partial charge in [0.25, 0.3) is 0 Å². The summed E-state index contributed by atoms with van der Waals surface area (Å²) in [6.45, 7) is 6.39. The van der Waals surface area contributed by atoms with Crippen LogP contribution in [0.4, 0.5) is 4.79 Å². The van der Waals surface area contributed by atoms with Crippen molar-refractivity contribution in [1.29, 1.82) is 0 Å². The monoisotopic (exact) mass is 256 g/mol. The van der Waals surface area contributed by atoms with Gasteiger partial charge < -0.3 is 15.4 Å². The molecule has 1 aromatic rings. The van der Waals surface area contributed by atoms with E-state index < -0.39 is 0 Å². The standard InChI is InChI=1S/C12H20N2O2S/c1-8(2)14-12(15)13-7-10(16-4)11-6-5-9(3)17-11/h5-6,8,10H,7H2,1-4H3,(H2,13,14,15). The molecule has 0 aliphatic heterocycles. The van der Waals surface area contributed by atoms with E-state index in [4.69, 9.17) is 4.74 Å². The van der Waals surface area contributed by atoms with Gasteiger partial charge in [0.2, 0.25) is 0 Å². The molecule has 5 heteroatoms. The van der Waals surface area contributed by atoms with E-state index in [2.05, 4.69) is 23.6 Å². The highest BCUT2D eigenvalue weighted by molar-refractivity contribution is 7.12. The lowest BCUT2D eigenvalue weighted by Crippen LogP contribution is -2.41. The number of thiophene rings is 1. The van der Waals surface area contributed by atoms with Crippen LogP contribution in [0, 0.1) is 6.92 Å². The normalized spacial score (nSPS) is 12.5. The van der Waals surface area contributed by atoms with E-state index in [0.717, 1.165) is 4.88 Å². The van der Waals surface area contributed by atoms with Crippen molar-refractivity contribution in [2.45, 2.75) is 32.9 Å². The van der Waals surface area contributed by atoms with Crippen LogP contribution in [0.15, 0.2) is 12.1 Å². The topological polar surface area (TPSA) is 50.4 Å². The predicted octanol–water partition coefficient (Wildman–Crippen LogP) is 2.45. The fraction of sp³-hybridized carbons (Fsp3) is 0.583. The SMILES string of the molecule is COC(CNC(=O)NC(C)C)c1ccc(C)s1. The van der Waals surface area contributed by atoms with Crippen LogP contribution in [0.1, 0.15) is 29.7 Å². The molecule has 0 fully saturated rings. The Bertz CT molecular complexity index is 363. The first-order chi connectivity index (χ1) is 8.02. The molecule has 1 atom stereocenters. The average molecular weight is 256 g/mol. The zero-order valence-corrected chi connectivity index (χ0v) is 11.6. The largest absolute Gasteiger partial charge is 0.374 e. The molecule has 0 saturated carbocycles. The van der Waals surface area contributed by atoms with E-state index in [-0.39, 0.29) is 18.2 Å². The molecule has 1 aromatic heterocycles. The molecule has 1 rings (SSSR count). The summed E-state index contributed by atoms with van der Waals surface area (Å²) in [5, 5.41) is 5.58. The summed E-state index contributed by atoms with van der Waals surface area (Å²) < 4.78 is 5.37. The Morgan fingerprint density at radius 1 is 1.47 bits per heavy atom. The van der Waals surface area contributed by atoms with Gasteiger partial charge in [0.05, 0.1) is 6.54 Å². The maximum atomic E-state index is 11.4. The molecule has 17 heavy (non-hydrogen) atoms. The maximum absolute atomic E-state index is 11.4. The van der Waals surface area contributed by atoms with E-state index >= 15 is 0 Å². The summed E-state index contributed by atoms with van der Waals surface area (Å²) in [6, 6.07) is 4.08. The third-order valence-electron chi connectivity index (χ3n) is 2.23. The van der Waals surface area contributed by atoms with Crippen molar-refractivity contribution in [1.82, 2.24) is 10.6 Å². The van der Waals surface area contributed by atoms with Gasteiger partial charge in [-0.3, -0.25) is 0 Å². The molecule has 0 spiro atoms. The summed E-state index contributed by atoms with van der Waals surface area (Å²) in [4.78, 5) is 13.8. The smallest absolute Gasteiger partial charge is 0.315 e. The first-order valence-corrected chi connectivity index (χ1v) is 6.48. The molecule has 0 aromatic carbocycles. The number of amides is 2. The second kappa shape index (κ2) is 6.61. The Kier molecular flexibility index (Phi) is 5.44. The molecule has 0 saturated heterocycles. The van der Waals surface area contributed by atoms with Crippen LogP contribution in [0.3, 0.4) is 0 Å². The summed E-state index contributed by atoms with van der Waals surface area (Å²) >= 11 is 1.69. The highest BCUT2D eigenvalue weighted by atomic mass is 32.1. The van der Waals surface area contributed by atoms with Crippen molar-refractivity contribution >= 4 is 17.4 Å². The number of ether oxygens (including phenoxy) is 1. The number of hydrogen-bond acceptors (Lipinski definition) is 3. The van der Waals surface area contributed by atoms with E-state index in [0.29, 0.717) is 6.54 Å². The second-order valence-corrected chi connectivity index (χ2v) is 5.50. The van der Waals surface area contributed by atoms with E-state index in [9.17, 15) is 4.79 Å². The summed E-state index contributed by atoms with van der Waals surface area (Å²) in [6.07, 6.45) is -0.0772. The molecule has 96 valence electrons. The number of urea groups is 1. The molecule has 0 radical (unpaired) electrons. The number of aryl methyl sites for hydroxylation is 1. The molecule has 2 amide bonds. The van der Waals surface area contributed by atoms with Gasteiger partial charge in [0, 0.05) is 22.9 Å². The number of carbonyl (C=O) groups is 1. The zero-order chi connectivity index (χ0) is 12.8. The first kappa shape index (κ1) is 14.0. The first-order valence-electron chi connectivity index (χ1n) is 5.66. The lowest BCUT2D eigenvalue weighted by molar-refractivity contribution is 0.106. The molecule has 0 bridgehead atoms. The maximum Gasteiger partial charge on any atom is 0.315 e. The Morgan fingerprint density at radius 2 is 2.18 bits per heavy atom. The van der Waals surface area contributed by atoms with Gasteiger partial charge in [0.15, 0.2) is 0 Å². The van der Waals surface area contributed by atoms with Gasteiger partial charge >= 0.3 is 6.03 Å². The van der Waals surface area contributed by atoms with Crippen molar-refractivity contribution in [2.75, 3.05) is 13.7 Å². The lowest BCUT2D eigenvalue weighted by Gasteiger charge is -2.16. The summed E-state index contributed by atoms with van der Waals surface area (Å²) in [5.74, 6) is 0. The summed E-state index contributed by atoms with van der Waals surface area (Å²) in [7, 11) is 1.65. The third kappa shape index (κ3) is 4.75. The number of carbonyl (C=O) groups excluding carboxylic acids is 1. The predicted molar refractivity (Wildman–Crippen MR) is 70.5 cm³/mol. The fourth-order valence-electron chi connectivity index (χ4n) is 1.43. The van der Waals surface area contributed by atoms with Crippen molar-refractivity contribution in [3.05, 3.63) is 21.9 Å². The van der Waals surface area contributed by atoms with Crippen LogP contribution in [-0.4, -0.2) is 25.7 Å². The van der Waals surface area contributed by atoms with E-state index in [1.807, 2.05) is 19.9 Å². The number of nitrogens with one attached hydrogen (secondary N) is 2. The third-order valence-corrected chi connectivity index (χ3v) is 3.32. The van der Waals surface area contributed by atoms with Crippen molar-refractivity contribution in [2.24, 2.45) is 0 Å². The quantitative estimate of drug-likeness (QED) is 0.850.